The molecule has 0 radical (unpaired) electrons. The third kappa shape index (κ3) is 2.55. The summed E-state index contributed by atoms with van der Waals surface area (Å²) in [6, 6.07) is 0. The van der Waals surface area contributed by atoms with E-state index in [1.807, 2.05) is 0 Å². The summed E-state index contributed by atoms with van der Waals surface area (Å²) in [5, 5.41) is 12.4. The normalized spacial score (nSPS) is 16.3. The maximum absolute atomic E-state index is 10.3. The van der Waals surface area contributed by atoms with Crippen LogP contribution in [0.25, 0.3) is 0 Å². The number of aliphatic carboxylic acids is 1. The monoisotopic (exact) mass is 210 g/mol. The summed E-state index contributed by atoms with van der Waals surface area (Å²) in [7, 11) is 0. The van der Waals surface area contributed by atoms with Gasteiger partial charge in [-0.15, -0.1) is 0 Å². The lowest BCUT2D eigenvalue weighted by Gasteiger charge is -2.20. The van der Waals surface area contributed by atoms with Crippen LogP contribution in [-0.2, 0) is 11.2 Å². The Bertz CT molecular complexity index is 344. The van der Waals surface area contributed by atoms with Crippen molar-refractivity contribution in [2.45, 2.75) is 44.4 Å². The maximum atomic E-state index is 10.3. The number of rotatable bonds is 5. The largest absolute Gasteiger partial charge is 0.481 e. The zero-order valence-corrected chi connectivity index (χ0v) is 8.48. The molecule has 1 aromatic heterocycles. The predicted octanol–water partition coefficient (Wildman–Crippen LogP) is 1.74. The first-order chi connectivity index (χ1) is 7.25. The summed E-state index contributed by atoms with van der Waals surface area (Å²) < 4.78 is 5.05. The first kappa shape index (κ1) is 10.1. The van der Waals surface area contributed by atoms with Crippen LogP contribution in [0.3, 0.4) is 0 Å². The molecule has 5 nitrogen and oxygen atoms in total. The average molecular weight is 210 g/mol. The Balaban J connectivity index is 1.81. The van der Waals surface area contributed by atoms with Crippen molar-refractivity contribution < 1.29 is 14.4 Å². The van der Waals surface area contributed by atoms with Gasteiger partial charge in [-0.05, 0) is 19.3 Å². The second kappa shape index (κ2) is 4.42. The molecule has 15 heavy (non-hydrogen) atoms. The van der Waals surface area contributed by atoms with E-state index in [1.165, 1.54) is 6.42 Å². The van der Waals surface area contributed by atoms with Crippen LogP contribution in [0.4, 0.5) is 0 Å². The van der Waals surface area contributed by atoms with Crippen molar-refractivity contribution >= 4 is 5.97 Å². The lowest BCUT2D eigenvalue weighted by Crippen LogP contribution is -2.10. The zero-order valence-electron chi connectivity index (χ0n) is 8.48. The number of carboxylic acids is 1. The van der Waals surface area contributed by atoms with Crippen LogP contribution in [-0.4, -0.2) is 21.2 Å². The highest BCUT2D eigenvalue weighted by Gasteiger charge is 2.24. The van der Waals surface area contributed by atoms with E-state index < -0.39 is 5.97 Å². The molecule has 0 spiro atoms. The van der Waals surface area contributed by atoms with E-state index in [-0.39, 0.29) is 6.42 Å². The highest BCUT2D eigenvalue weighted by Crippen LogP contribution is 2.34. The van der Waals surface area contributed by atoms with Crippen LogP contribution >= 0.6 is 0 Å². The fourth-order valence-electron chi connectivity index (χ4n) is 1.59. The molecule has 5 heteroatoms. The molecule has 1 fully saturated rings. The van der Waals surface area contributed by atoms with Crippen LogP contribution in [0.2, 0.25) is 0 Å². The van der Waals surface area contributed by atoms with E-state index >= 15 is 0 Å². The maximum Gasteiger partial charge on any atom is 0.303 e. The van der Waals surface area contributed by atoms with Gasteiger partial charge in [0.15, 0.2) is 5.82 Å². The smallest absolute Gasteiger partial charge is 0.303 e. The summed E-state index contributed by atoms with van der Waals surface area (Å²) in [5.74, 6) is 1.06. The standard InChI is InChI=1S/C10H14N2O3/c13-9(14)6-2-5-8-11-10(12-15-8)7-3-1-4-7/h7H,1-6H2,(H,13,14). The van der Waals surface area contributed by atoms with Crippen LogP contribution < -0.4 is 0 Å². The first-order valence-electron chi connectivity index (χ1n) is 5.30. The van der Waals surface area contributed by atoms with Gasteiger partial charge in [0.05, 0.1) is 0 Å². The van der Waals surface area contributed by atoms with Gasteiger partial charge >= 0.3 is 5.97 Å². The number of aromatic nitrogens is 2. The molecular formula is C10H14N2O3. The lowest BCUT2D eigenvalue weighted by atomic mass is 9.85. The highest BCUT2D eigenvalue weighted by atomic mass is 16.5. The molecule has 1 N–H and O–H groups in total. The summed E-state index contributed by atoms with van der Waals surface area (Å²) in [6.07, 6.45) is 4.81. The van der Waals surface area contributed by atoms with Crippen LogP contribution in [0.15, 0.2) is 4.52 Å². The molecule has 0 aliphatic heterocycles. The molecule has 1 aliphatic carbocycles. The molecule has 0 amide bonds. The van der Waals surface area contributed by atoms with Crippen molar-refractivity contribution in [1.82, 2.24) is 10.1 Å². The summed E-state index contributed by atoms with van der Waals surface area (Å²) in [5.41, 5.74) is 0. The van der Waals surface area contributed by atoms with Crippen molar-refractivity contribution in [2.75, 3.05) is 0 Å². The fourth-order valence-corrected chi connectivity index (χ4v) is 1.59. The van der Waals surface area contributed by atoms with Crippen molar-refractivity contribution in [3.05, 3.63) is 11.7 Å². The number of carboxylic acid groups (broad SMARTS) is 1. The number of aryl methyl sites for hydroxylation is 1. The molecule has 0 bridgehead atoms. The predicted molar refractivity (Wildman–Crippen MR) is 51.5 cm³/mol. The molecule has 0 atom stereocenters. The van der Waals surface area contributed by atoms with E-state index in [0.717, 1.165) is 18.7 Å². The van der Waals surface area contributed by atoms with E-state index in [4.69, 9.17) is 9.63 Å². The topological polar surface area (TPSA) is 76.2 Å². The minimum Gasteiger partial charge on any atom is -0.481 e. The second-order valence-corrected chi connectivity index (χ2v) is 3.92. The highest BCUT2D eigenvalue weighted by molar-refractivity contribution is 5.66. The van der Waals surface area contributed by atoms with E-state index in [1.54, 1.807) is 0 Å². The van der Waals surface area contributed by atoms with E-state index in [0.29, 0.717) is 24.7 Å². The molecular weight excluding hydrogens is 196 g/mol. The first-order valence-corrected chi connectivity index (χ1v) is 5.30. The Morgan fingerprint density at radius 3 is 2.93 bits per heavy atom. The Morgan fingerprint density at radius 2 is 2.33 bits per heavy atom. The Labute approximate surface area is 87.5 Å². The van der Waals surface area contributed by atoms with Gasteiger partial charge in [-0.2, -0.15) is 4.98 Å². The van der Waals surface area contributed by atoms with Crippen LogP contribution in [0.1, 0.15) is 49.7 Å². The Hall–Kier alpha value is -1.39. The number of carbonyl (C=O) groups is 1. The molecule has 1 aliphatic rings. The number of hydrogen-bond acceptors (Lipinski definition) is 4. The second-order valence-electron chi connectivity index (χ2n) is 3.92. The van der Waals surface area contributed by atoms with E-state index in [2.05, 4.69) is 10.1 Å². The van der Waals surface area contributed by atoms with Gasteiger partial charge in [0.25, 0.3) is 0 Å². The van der Waals surface area contributed by atoms with Gasteiger partial charge in [0.2, 0.25) is 5.89 Å². The van der Waals surface area contributed by atoms with Gasteiger partial charge in [0, 0.05) is 18.8 Å². The minimum atomic E-state index is -0.784. The zero-order chi connectivity index (χ0) is 10.7. The van der Waals surface area contributed by atoms with Gasteiger partial charge in [-0.3, -0.25) is 4.79 Å². The molecule has 82 valence electrons. The van der Waals surface area contributed by atoms with Crippen molar-refractivity contribution in [1.29, 1.82) is 0 Å². The third-order valence-electron chi connectivity index (χ3n) is 2.74. The van der Waals surface area contributed by atoms with Crippen molar-refractivity contribution in [3.8, 4) is 0 Å². The van der Waals surface area contributed by atoms with Gasteiger partial charge in [-0.25, -0.2) is 0 Å². The SMILES string of the molecule is O=C(O)CCCc1nc(C2CCC2)no1. The summed E-state index contributed by atoms with van der Waals surface area (Å²) in [6.45, 7) is 0. The van der Waals surface area contributed by atoms with E-state index in [9.17, 15) is 4.79 Å². The third-order valence-corrected chi connectivity index (χ3v) is 2.74. The Morgan fingerprint density at radius 1 is 1.53 bits per heavy atom. The van der Waals surface area contributed by atoms with Crippen molar-refractivity contribution in [2.24, 2.45) is 0 Å². The quantitative estimate of drug-likeness (QED) is 0.801. The fraction of sp³-hybridized carbons (Fsp3) is 0.700. The summed E-state index contributed by atoms with van der Waals surface area (Å²) >= 11 is 0. The number of nitrogens with zero attached hydrogens (tertiary/aromatic N) is 2. The Kier molecular flexibility index (Phi) is 2.99. The van der Waals surface area contributed by atoms with Gasteiger partial charge in [0.1, 0.15) is 0 Å². The van der Waals surface area contributed by atoms with Crippen LogP contribution in [0, 0.1) is 0 Å². The molecule has 1 aromatic rings. The van der Waals surface area contributed by atoms with Gasteiger partial charge in [-0.1, -0.05) is 11.6 Å². The summed E-state index contributed by atoms with van der Waals surface area (Å²) in [4.78, 5) is 14.6. The molecule has 0 aromatic carbocycles. The molecule has 0 unspecified atom stereocenters. The molecule has 2 rings (SSSR count). The average Bonchev–Trinajstić information content (AvgIpc) is 2.49. The van der Waals surface area contributed by atoms with Crippen molar-refractivity contribution in [3.63, 3.8) is 0 Å². The van der Waals surface area contributed by atoms with Crippen LogP contribution in [0.5, 0.6) is 0 Å². The molecule has 1 heterocycles. The lowest BCUT2D eigenvalue weighted by molar-refractivity contribution is -0.137. The molecule has 0 saturated heterocycles. The van der Waals surface area contributed by atoms with Gasteiger partial charge < -0.3 is 9.63 Å². The number of hydrogen-bond donors (Lipinski definition) is 1. The molecule has 1 saturated carbocycles. The minimum absolute atomic E-state index is 0.154.